The van der Waals surface area contributed by atoms with E-state index in [1.165, 1.54) is 41.3 Å². The van der Waals surface area contributed by atoms with Gasteiger partial charge in [0.15, 0.2) is 0 Å². The van der Waals surface area contributed by atoms with E-state index in [2.05, 4.69) is 0 Å². The highest BCUT2D eigenvalue weighted by molar-refractivity contribution is 6.52. The molecule has 1 aliphatic heterocycles. The maximum Gasteiger partial charge on any atom is 0.300 e. The number of aliphatic hydroxyl groups excluding tert-OH is 1. The Hall–Kier alpha value is -3.67. The Bertz CT molecular complexity index is 1490. The minimum Gasteiger partial charge on any atom is -0.507 e. The molecule has 4 nitrogen and oxygen atoms in total. The van der Waals surface area contributed by atoms with Gasteiger partial charge in [0.25, 0.3) is 11.7 Å². The fourth-order valence-corrected chi connectivity index (χ4v) is 4.56. The molecular weight excluding hydrogens is 476 g/mol. The van der Waals surface area contributed by atoms with E-state index >= 15 is 0 Å². The average Bonchev–Trinajstić information content (AvgIpc) is 3.11. The third-order valence-electron chi connectivity index (χ3n) is 5.86. The van der Waals surface area contributed by atoms with Crippen LogP contribution in [0.25, 0.3) is 16.5 Å². The van der Waals surface area contributed by atoms with Crippen molar-refractivity contribution in [2.75, 3.05) is 4.90 Å². The van der Waals surface area contributed by atoms with Crippen LogP contribution >= 0.6 is 23.2 Å². The normalized spacial score (nSPS) is 17.5. The zero-order valence-electron chi connectivity index (χ0n) is 17.5. The van der Waals surface area contributed by atoms with Crippen LogP contribution in [0.15, 0.2) is 90.5 Å². The lowest BCUT2D eigenvalue weighted by molar-refractivity contribution is -0.132. The summed E-state index contributed by atoms with van der Waals surface area (Å²) in [6.07, 6.45) is 0. The molecule has 1 N–H and O–H groups in total. The van der Waals surface area contributed by atoms with Gasteiger partial charge in [0.2, 0.25) is 0 Å². The second kappa shape index (κ2) is 8.60. The molecule has 1 amide bonds. The van der Waals surface area contributed by atoms with Crippen LogP contribution in [0.3, 0.4) is 0 Å². The molecule has 1 unspecified atom stereocenters. The molecule has 0 aromatic heterocycles. The van der Waals surface area contributed by atoms with Crippen molar-refractivity contribution in [2.24, 2.45) is 0 Å². The Labute approximate surface area is 204 Å². The van der Waals surface area contributed by atoms with E-state index in [4.69, 9.17) is 23.2 Å². The molecule has 1 heterocycles. The highest BCUT2D eigenvalue weighted by Crippen LogP contribution is 2.44. The number of amides is 1. The van der Waals surface area contributed by atoms with E-state index in [9.17, 15) is 19.1 Å². The Balaban J connectivity index is 1.78. The summed E-state index contributed by atoms with van der Waals surface area (Å²) in [6.45, 7) is 0. The molecule has 0 bridgehead atoms. The summed E-state index contributed by atoms with van der Waals surface area (Å²) in [7, 11) is 0. The van der Waals surface area contributed by atoms with Crippen LogP contribution in [0.4, 0.5) is 10.1 Å². The number of ketones is 1. The summed E-state index contributed by atoms with van der Waals surface area (Å²) in [4.78, 5) is 27.8. The van der Waals surface area contributed by atoms with E-state index in [1.54, 1.807) is 18.2 Å². The molecular formula is C27H16Cl2FNO3. The maximum absolute atomic E-state index is 13.7. The molecule has 0 spiro atoms. The number of halogens is 3. The molecule has 168 valence electrons. The van der Waals surface area contributed by atoms with Gasteiger partial charge < -0.3 is 5.11 Å². The lowest BCUT2D eigenvalue weighted by Crippen LogP contribution is -2.29. The predicted octanol–water partition coefficient (Wildman–Crippen LogP) is 6.91. The molecule has 0 radical (unpaired) electrons. The molecule has 1 saturated heterocycles. The van der Waals surface area contributed by atoms with Gasteiger partial charge in [-0.25, -0.2) is 4.39 Å². The second-order valence-corrected chi connectivity index (χ2v) is 8.66. The molecule has 34 heavy (non-hydrogen) atoms. The number of hydrogen-bond acceptors (Lipinski definition) is 3. The standard InChI is InChI=1S/C27H16Cl2FNO3/c28-21-13-12-18(14-22(21)29)31-24(16-8-10-17(30)11-9-16)23(26(33)27(31)34)25(32)20-7-3-5-15-4-1-2-6-19(15)20/h1-14,24,32H/b25-23-. The number of hydrogen-bond donors (Lipinski definition) is 1. The largest absolute Gasteiger partial charge is 0.507 e. The SMILES string of the molecule is O=C1C(=O)N(c2ccc(Cl)c(Cl)c2)C(c2ccc(F)cc2)/C1=C(/O)c1cccc2ccccc12. The molecule has 5 rings (SSSR count). The number of carbonyl (C=O) groups excluding carboxylic acids is 2. The van der Waals surface area contributed by atoms with Crippen molar-refractivity contribution in [3.05, 3.63) is 117 Å². The van der Waals surface area contributed by atoms with Crippen molar-refractivity contribution in [3.63, 3.8) is 0 Å². The van der Waals surface area contributed by atoms with E-state index in [-0.39, 0.29) is 21.4 Å². The van der Waals surface area contributed by atoms with Crippen LogP contribution in [-0.2, 0) is 9.59 Å². The molecule has 1 aliphatic rings. The van der Waals surface area contributed by atoms with Crippen molar-refractivity contribution in [3.8, 4) is 0 Å². The molecule has 0 aliphatic carbocycles. The van der Waals surface area contributed by atoms with Gasteiger partial charge in [-0.1, -0.05) is 77.8 Å². The van der Waals surface area contributed by atoms with Gasteiger partial charge in [-0.15, -0.1) is 0 Å². The summed E-state index contributed by atoms with van der Waals surface area (Å²) >= 11 is 12.2. The van der Waals surface area contributed by atoms with Gasteiger partial charge in [-0.3, -0.25) is 14.5 Å². The minimum atomic E-state index is -1.00. The van der Waals surface area contributed by atoms with Crippen LogP contribution < -0.4 is 4.90 Å². The predicted molar refractivity (Wildman–Crippen MR) is 132 cm³/mol. The summed E-state index contributed by atoms with van der Waals surface area (Å²) in [5.41, 5.74) is 1.09. The average molecular weight is 492 g/mol. The number of nitrogens with zero attached hydrogens (tertiary/aromatic N) is 1. The molecule has 1 fully saturated rings. The Kier molecular flexibility index (Phi) is 5.60. The lowest BCUT2D eigenvalue weighted by atomic mass is 9.93. The van der Waals surface area contributed by atoms with Crippen LogP contribution in [0.5, 0.6) is 0 Å². The van der Waals surface area contributed by atoms with Crippen molar-refractivity contribution in [2.45, 2.75) is 6.04 Å². The third kappa shape index (κ3) is 3.63. The summed E-state index contributed by atoms with van der Waals surface area (Å²) in [5.74, 6) is -2.48. The monoisotopic (exact) mass is 491 g/mol. The molecule has 1 atom stereocenters. The quantitative estimate of drug-likeness (QED) is 0.192. The van der Waals surface area contributed by atoms with Gasteiger partial charge in [0.05, 0.1) is 21.7 Å². The van der Waals surface area contributed by atoms with Crippen LogP contribution in [0.1, 0.15) is 17.2 Å². The zero-order chi connectivity index (χ0) is 24.0. The lowest BCUT2D eigenvalue weighted by Gasteiger charge is -2.26. The molecule has 0 saturated carbocycles. The maximum atomic E-state index is 13.7. The fraction of sp³-hybridized carbons (Fsp3) is 0.0370. The van der Waals surface area contributed by atoms with Crippen LogP contribution in [0, 0.1) is 5.82 Å². The first-order valence-corrected chi connectivity index (χ1v) is 11.1. The highest BCUT2D eigenvalue weighted by atomic mass is 35.5. The van der Waals surface area contributed by atoms with E-state index in [1.807, 2.05) is 30.3 Å². The first-order valence-electron chi connectivity index (χ1n) is 10.4. The Morgan fingerprint density at radius 2 is 1.56 bits per heavy atom. The fourth-order valence-electron chi connectivity index (χ4n) is 4.27. The first-order chi connectivity index (χ1) is 16.4. The van der Waals surface area contributed by atoms with Crippen LogP contribution in [0.2, 0.25) is 10.0 Å². The second-order valence-electron chi connectivity index (χ2n) is 7.85. The summed E-state index contributed by atoms with van der Waals surface area (Å²) in [6, 6.07) is 21.7. The number of Topliss-reactive ketones (excluding diaryl/α,β-unsaturated/α-hetero) is 1. The first kappa shape index (κ1) is 22.1. The van der Waals surface area contributed by atoms with Crippen molar-refractivity contribution < 1.29 is 19.1 Å². The van der Waals surface area contributed by atoms with E-state index in [0.29, 0.717) is 16.8 Å². The molecule has 4 aromatic rings. The van der Waals surface area contributed by atoms with Crippen LogP contribution in [-0.4, -0.2) is 16.8 Å². The van der Waals surface area contributed by atoms with Gasteiger partial charge in [-0.05, 0) is 46.7 Å². The Morgan fingerprint density at radius 3 is 2.29 bits per heavy atom. The topological polar surface area (TPSA) is 57.6 Å². The highest BCUT2D eigenvalue weighted by Gasteiger charge is 2.47. The number of aliphatic hydroxyl groups is 1. The van der Waals surface area contributed by atoms with Gasteiger partial charge >= 0.3 is 0 Å². The van der Waals surface area contributed by atoms with Gasteiger partial charge in [-0.2, -0.15) is 0 Å². The summed E-state index contributed by atoms with van der Waals surface area (Å²) < 4.78 is 13.7. The number of fused-ring (bicyclic) bond motifs is 1. The van der Waals surface area contributed by atoms with Gasteiger partial charge in [0.1, 0.15) is 11.6 Å². The number of benzene rings is 4. The van der Waals surface area contributed by atoms with E-state index in [0.717, 1.165) is 10.8 Å². The smallest absolute Gasteiger partial charge is 0.300 e. The van der Waals surface area contributed by atoms with Crippen molar-refractivity contribution >= 4 is 57.1 Å². The number of rotatable bonds is 3. The van der Waals surface area contributed by atoms with Crippen molar-refractivity contribution in [1.82, 2.24) is 0 Å². The van der Waals surface area contributed by atoms with Crippen molar-refractivity contribution in [1.29, 1.82) is 0 Å². The minimum absolute atomic E-state index is 0.0981. The molecule has 4 aromatic carbocycles. The Morgan fingerprint density at radius 1 is 0.853 bits per heavy atom. The number of carbonyl (C=O) groups is 2. The van der Waals surface area contributed by atoms with Gasteiger partial charge in [0, 0.05) is 11.3 Å². The van der Waals surface area contributed by atoms with E-state index < -0.39 is 23.5 Å². The summed E-state index contributed by atoms with van der Waals surface area (Å²) in [5, 5.41) is 13.5. The number of anilines is 1. The third-order valence-corrected chi connectivity index (χ3v) is 6.60. The zero-order valence-corrected chi connectivity index (χ0v) is 19.0. The molecule has 7 heteroatoms.